The molecule has 6 heteroatoms. The highest BCUT2D eigenvalue weighted by Crippen LogP contribution is 2.16. The van der Waals surface area contributed by atoms with E-state index in [0.717, 1.165) is 58.9 Å². The molecular formula is C19H28N4O2. The third-order valence-corrected chi connectivity index (χ3v) is 5.21. The van der Waals surface area contributed by atoms with Crippen LogP contribution >= 0.6 is 0 Å². The molecule has 0 bridgehead atoms. The van der Waals surface area contributed by atoms with Gasteiger partial charge in [-0.25, -0.2) is 0 Å². The SMILES string of the molecule is CC(=O)N1CCN(CCC(=O)N2CCN(c3ccccc3)CC2)CC1. The molecule has 2 fully saturated rings. The average Bonchev–Trinajstić information content (AvgIpc) is 2.67. The van der Waals surface area contributed by atoms with Gasteiger partial charge in [-0.1, -0.05) is 18.2 Å². The van der Waals surface area contributed by atoms with E-state index in [4.69, 9.17) is 0 Å². The van der Waals surface area contributed by atoms with Gasteiger partial charge in [0, 0.05) is 77.9 Å². The maximum absolute atomic E-state index is 12.5. The van der Waals surface area contributed by atoms with Gasteiger partial charge in [-0.15, -0.1) is 0 Å². The Morgan fingerprint density at radius 1 is 0.840 bits per heavy atom. The number of carbonyl (C=O) groups excluding carboxylic acids is 2. The van der Waals surface area contributed by atoms with E-state index in [1.54, 1.807) is 6.92 Å². The second-order valence-corrected chi connectivity index (χ2v) is 6.80. The van der Waals surface area contributed by atoms with E-state index in [9.17, 15) is 9.59 Å². The molecule has 2 saturated heterocycles. The molecule has 2 aliphatic rings. The first-order chi connectivity index (χ1) is 12.1. The zero-order chi connectivity index (χ0) is 17.6. The molecule has 2 amide bonds. The first kappa shape index (κ1) is 17.7. The summed E-state index contributed by atoms with van der Waals surface area (Å²) in [4.78, 5) is 32.3. The molecule has 0 aliphatic carbocycles. The van der Waals surface area contributed by atoms with Gasteiger partial charge in [-0.2, -0.15) is 0 Å². The van der Waals surface area contributed by atoms with Crippen LogP contribution in [0.15, 0.2) is 30.3 Å². The number of para-hydroxylation sites is 1. The number of anilines is 1. The van der Waals surface area contributed by atoms with Crippen LogP contribution in [-0.4, -0.2) is 85.4 Å². The molecule has 136 valence electrons. The van der Waals surface area contributed by atoms with Crippen molar-refractivity contribution >= 4 is 17.5 Å². The Balaban J connectivity index is 1.38. The normalized spacial score (nSPS) is 19.2. The van der Waals surface area contributed by atoms with Crippen molar-refractivity contribution in [1.29, 1.82) is 0 Å². The van der Waals surface area contributed by atoms with Crippen LogP contribution in [0.5, 0.6) is 0 Å². The van der Waals surface area contributed by atoms with Gasteiger partial charge in [-0.3, -0.25) is 14.5 Å². The van der Waals surface area contributed by atoms with Gasteiger partial charge >= 0.3 is 0 Å². The van der Waals surface area contributed by atoms with Gasteiger partial charge in [0.25, 0.3) is 0 Å². The number of piperazine rings is 2. The topological polar surface area (TPSA) is 47.1 Å². The quantitative estimate of drug-likeness (QED) is 0.814. The van der Waals surface area contributed by atoms with Gasteiger partial charge in [0.05, 0.1) is 0 Å². The molecule has 0 spiro atoms. The molecule has 2 heterocycles. The van der Waals surface area contributed by atoms with Crippen molar-refractivity contribution in [2.45, 2.75) is 13.3 Å². The second-order valence-electron chi connectivity index (χ2n) is 6.80. The summed E-state index contributed by atoms with van der Waals surface area (Å²) in [6, 6.07) is 10.4. The van der Waals surface area contributed by atoms with Crippen molar-refractivity contribution in [2.24, 2.45) is 0 Å². The second kappa shape index (κ2) is 8.34. The predicted octanol–water partition coefficient (Wildman–Crippen LogP) is 0.889. The molecule has 0 unspecified atom stereocenters. The third-order valence-electron chi connectivity index (χ3n) is 5.21. The van der Waals surface area contributed by atoms with Crippen LogP contribution in [0.2, 0.25) is 0 Å². The summed E-state index contributed by atoms with van der Waals surface area (Å²) in [5, 5.41) is 0. The van der Waals surface area contributed by atoms with E-state index in [1.807, 2.05) is 15.9 Å². The van der Waals surface area contributed by atoms with Crippen LogP contribution in [0.3, 0.4) is 0 Å². The highest BCUT2D eigenvalue weighted by Gasteiger charge is 2.23. The fraction of sp³-hybridized carbons (Fsp3) is 0.579. The molecule has 0 N–H and O–H groups in total. The van der Waals surface area contributed by atoms with Crippen LogP contribution in [0, 0.1) is 0 Å². The molecule has 0 aromatic heterocycles. The minimum absolute atomic E-state index is 0.145. The maximum Gasteiger partial charge on any atom is 0.223 e. The number of rotatable bonds is 4. The van der Waals surface area contributed by atoms with E-state index in [2.05, 4.69) is 34.1 Å². The van der Waals surface area contributed by atoms with E-state index in [1.165, 1.54) is 5.69 Å². The lowest BCUT2D eigenvalue weighted by Gasteiger charge is -2.37. The number of amides is 2. The molecule has 0 atom stereocenters. The Bertz CT molecular complexity index is 576. The van der Waals surface area contributed by atoms with Crippen molar-refractivity contribution in [3.63, 3.8) is 0 Å². The zero-order valence-corrected chi connectivity index (χ0v) is 15.1. The summed E-state index contributed by atoms with van der Waals surface area (Å²) in [6.07, 6.45) is 0.575. The molecule has 0 radical (unpaired) electrons. The van der Waals surface area contributed by atoms with E-state index >= 15 is 0 Å². The minimum Gasteiger partial charge on any atom is -0.368 e. The van der Waals surface area contributed by atoms with Gasteiger partial charge < -0.3 is 14.7 Å². The van der Waals surface area contributed by atoms with Crippen LogP contribution < -0.4 is 4.90 Å². The molecule has 25 heavy (non-hydrogen) atoms. The molecule has 2 aliphatic heterocycles. The summed E-state index contributed by atoms with van der Waals surface area (Å²) < 4.78 is 0. The third kappa shape index (κ3) is 4.72. The Morgan fingerprint density at radius 3 is 2.04 bits per heavy atom. The van der Waals surface area contributed by atoms with Gasteiger partial charge in [0.15, 0.2) is 0 Å². The monoisotopic (exact) mass is 344 g/mol. The lowest BCUT2D eigenvalue weighted by Crippen LogP contribution is -2.51. The Kier molecular flexibility index (Phi) is 5.91. The van der Waals surface area contributed by atoms with Gasteiger partial charge in [0.2, 0.25) is 11.8 Å². The number of benzene rings is 1. The Morgan fingerprint density at radius 2 is 1.44 bits per heavy atom. The van der Waals surface area contributed by atoms with E-state index in [0.29, 0.717) is 6.42 Å². The molecule has 3 rings (SSSR count). The fourth-order valence-electron chi connectivity index (χ4n) is 3.55. The molecule has 1 aromatic carbocycles. The highest BCUT2D eigenvalue weighted by atomic mass is 16.2. The molecule has 0 saturated carbocycles. The van der Waals surface area contributed by atoms with Crippen LogP contribution in [0.1, 0.15) is 13.3 Å². The lowest BCUT2D eigenvalue weighted by molar-refractivity contribution is -0.133. The van der Waals surface area contributed by atoms with Crippen molar-refractivity contribution in [2.75, 3.05) is 63.8 Å². The van der Waals surface area contributed by atoms with Crippen LogP contribution in [0.4, 0.5) is 5.69 Å². The predicted molar refractivity (Wildman–Crippen MR) is 98.5 cm³/mol. The van der Waals surface area contributed by atoms with E-state index in [-0.39, 0.29) is 11.8 Å². The molecule has 6 nitrogen and oxygen atoms in total. The Labute approximate surface area is 150 Å². The summed E-state index contributed by atoms with van der Waals surface area (Å²) in [7, 11) is 0. The number of nitrogens with zero attached hydrogens (tertiary/aromatic N) is 4. The maximum atomic E-state index is 12.5. The van der Waals surface area contributed by atoms with Crippen LogP contribution in [0.25, 0.3) is 0 Å². The number of carbonyl (C=O) groups is 2. The molecular weight excluding hydrogens is 316 g/mol. The summed E-state index contributed by atoms with van der Waals surface area (Å²) >= 11 is 0. The first-order valence-electron chi connectivity index (χ1n) is 9.19. The van der Waals surface area contributed by atoms with Crippen molar-refractivity contribution in [3.05, 3.63) is 30.3 Å². The van der Waals surface area contributed by atoms with Crippen molar-refractivity contribution < 1.29 is 9.59 Å². The average molecular weight is 344 g/mol. The molecule has 1 aromatic rings. The number of hydrogen-bond donors (Lipinski definition) is 0. The largest absolute Gasteiger partial charge is 0.368 e. The first-order valence-corrected chi connectivity index (χ1v) is 9.19. The number of hydrogen-bond acceptors (Lipinski definition) is 4. The van der Waals surface area contributed by atoms with Gasteiger partial charge in [-0.05, 0) is 12.1 Å². The van der Waals surface area contributed by atoms with Crippen molar-refractivity contribution in [1.82, 2.24) is 14.7 Å². The minimum atomic E-state index is 0.145. The Hall–Kier alpha value is -2.08. The smallest absolute Gasteiger partial charge is 0.223 e. The van der Waals surface area contributed by atoms with Crippen molar-refractivity contribution in [3.8, 4) is 0 Å². The summed E-state index contributed by atoms with van der Waals surface area (Å²) in [5.74, 6) is 0.397. The van der Waals surface area contributed by atoms with Crippen LogP contribution in [-0.2, 0) is 9.59 Å². The van der Waals surface area contributed by atoms with E-state index < -0.39 is 0 Å². The summed E-state index contributed by atoms with van der Waals surface area (Å²) in [6.45, 7) is 9.09. The zero-order valence-electron chi connectivity index (χ0n) is 15.1. The summed E-state index contributed by atoms with van der Waals surface area (Å²) in [5.41, 5.74) is 1.23. The fourth-order valence-corrected chi connectivity index (χ4v) is 3.55. The lowest BCUT2D eigenvalue weighted by atomic mass is 10.2. The van der Waals surface area contributed by atoms with Gasteiger partial charge in [0.1, 0.15) is 0 Å². The highest BCUT2D eigenvalue weighted by molar-refractivity contribution is 5.76. The standard InChI is InChI=1S/C19H28N4O2/c1-17(24)21-11-9-20(10-12-21)8-7-19(25)23-15-13-22(14-16-23)18-5-3-2-4-6-18/h2-6H,7-16H2,1H3.